The van der Waals surface area contributed by atoms with Gasteiger partial charge in [-0.25, -0.2) is 0 Å². The van der Waals surface area contributed by atoms with Crippen molar-refractivity contribution in [2.45, 2.75) is 10.8 Å². The molecule has 1 fully saturated rings. The van der Waals surface area contributed by atoms with Crippen molar-refractivity contribution >= 4 is 10.8 Å². The van der Waals surface area contributed by atoms with Gasteiger partial charge in [-0.05, 0) is 33.7 Å². The molecule has 2 aromatic carbocycles. The summed E-state index contributed by atoms with van der Waals surface area (Å²) in [5.74, 6) is 0.934. The molecule has 0 heteroatoms. The summed E-state index contributed by atoms with van der Waals surface area (Å²) in [7, 11) is 0. The molecule has 1 saturated carbocycles. The van der Waals surface area contributed by atoms with Gasteiger partial charge in [0.15, 0.2) is 0 Å². The van der Waals surface area contributed by atoms with Gasteiger partial charge in [0.2, 0.25) is 0 Å². The molecule has 0 saturated heterocycles. The summed E-state index contributed by atoms with van der Waals surface area (Å²) in [6.07, 6.45) is 27.4. The Morgan fingerprint density at radius 2 is 1.04 bits per heavy atom. The van der Waals surface area contributed by atoms with Crippen molar-refractivity contribution < 1.29 is 0 Å². The molecule has 4 aliphatic carbocycles. The highest BCUT2D eigenvalue weighted by Gasteiger charge is 2.72. The van der Waals surface area contributed by atoms with Crippen LogP contribution in [-0.4, -0.2) is 0 Å². The first-order valence-corrected chi connectivity index (χ1v) is 9.48. The predicted molar refractivity (Wildman–Crippen MR) is 109 cm³/mol. The predicted octanol–water partition coefficient (Wildman–Crippen LogP) is 5.94. The fraction of sp³-hybridized carbons (Fsp3) is 0.154. The molecule has 2 aromatic rings. The van der Waals surface area contributed by atoms with Crippen molar-refractivity contribution in [3.8, 4) is 0 Å². The van der Waals surface area contributed by atoms with Crippen molar-refractivity contribution in [3.63, 3.8) is 0 Å². The largest absolute Gasteiger partial charge is 0.0795 e. The van der Waals surface area contributed by atoms with Gasteiger partial charge in [-0.2, -0.15) is 0 Å². The van der Waals surface area contributed by atoms with Crippen LogP contribution in [0.25, 0.3) is 10.8 Å². The molecule has 0 radical (unpaired) electrons. The minimum Gasteiger partial charge on any atom is -0.0795 e. The van der Waals surface area contributed by atoms with E-state index < -0.39 is 0 Å². The second-order valence-corrected chi connectivity index (χ2v) is 7.76. The van der Waals surface area contributed by atoms with Crippen LogP contribution in [0.15, 0.2) is 109 Å². The molecule has 6 rings (SSSR count). The molecule has 4 atom stereocenters. The fourth-order valence-electron chi connectivity index (χ4n) is 6.12. The van der Waals surface area contributed by atoms with E-state index in [0.717, 1.165) is 0 Å². The molecule has 26 heavy (non-hydrogen) atoms. The molecule has 0 heterocycles. The summed E-state index contributed by atoms with van der Waals surface area (Å²) in [6, 6.07) is 13.7. The molecule has 0 nitrogen and oxygen atoms in total. The van der Waals surface area contributed by atoms with Crippen LogP contribution < -0.4 is 0 Å². The lowest BCUT2D eigenvalue weighted by molar-refractivity contribution is 0.0464. The van der Waals surface area contributed by atoms with Crippen LogP contribution in [0, 0.1) is 11.8 Å². The van der Waals surface area contributed by atoms with E-state index in [4.69, 9.17) is 0 Å². The van der Waals surface area contributed by atoms with Gasteiger partial charge < -0.3 is 0 Å². The second kappa shape index (κ2) is 4.86. The van der Waals surface area contributed by atoms with Gasteiger partial charge >= 0.3 is 0 Å². The number of benzene rings is 2. The van der Waals surface area contributed by atoms with E-state index in [1.165, 1.54) is 21.9 Å². The first-order chi connectivity index (χ1) is 12.9. The fourth-order valence-corrected chi connectivity index (χ4v) is 6.12. The van der Waals surface area contributed by atoms with Crippen LogP contribution >= 0.6 is 0 Å². The molecule has 0 N–H and O–H groups in total. The minimum atomic E-state index is -0.00581. The molecular weight excluding hydrogens is 312 g/mol. The zero-order valence-electron chi connectivity index (χ0n) is 14.5. The van der Waals surface area contributed by atoms with Gasteiger partial charge in [-0.3, -0.25) is 0 Å². The maximum absolute atomic E-state index is 2.48. The summed E-state index contributed by atoms with van der Waals surface area (Å²) in [6.45, 7) is 0. The lowest BCUT2D eigenvalue weighted by Gasteiger charge is -2.64. The van der Waals surface area contributed by atoms with Crippen molar-refractivity contribution in [1.82, 2.24) is 0 Å². The molecule has 4 unspecified atom stereocenters. The molecule has 0 aromatic heterocycles. The highest BCUT2D eigenvalue weighted by molar-refractivity contribution is 5.97. The molecule has 0 aliphatic heterocycles. The number of hydrogen-bond donors (Lipinski definition) is 0. The van der Waals surface area contributed by atoms with E-state index in [2.05, 4.69) is 109 Å². The van der Waals surface area contributed by atoms with Crippen LogP contribution in [0.1, 0.15) is 11.1 Å². The van der Waals surface area contributed by atoms with Gasteiger partial charge in [0.25, 0.3) is 0 Å². The third-order valence-corrected chi connectivity index (χ3v) is 6.94. The topological polar surface area (TPSA) is 0 Å². The third kappa shape index (κ3) is 1.40. The molecule has 124 valence electrons. The Hall–Kier alpha value is -2.86. The van der Waals surface area contributed by atoms with E-state index in [1.54, 1.807) is 0 Å². The standard InChI is InChI=1S/C26H20/c1-3-7-17-25-20(13-5-1)21-14-6-2-4-8-18-26(21,25)23-16-10-12-19-11-9-15-22(25)24(19)23/h1-18,20-21H/b3-1-,4-2-,13-5-,14-6-,17-7-,18-8-. The van der Waals surface area contributed by atoms with E-state index in [0.29, 0.717) is 11.8 Å². The van der Waals surface area contributed by atoms with E-state index >= 15 is 0 Å². The SMILES string of the molecule is C1=C\C=C/C23c4cccc5cccc(c45)C24\C=C/C=C\C=C/C4C3\C=C/1. The van der Waals surface area contributed by atoms with Crippen LogP contribution in [0.3, 0.4) is 0 Å². The zero-order chi connectivity index (χ0) is 17.2. The Kier molecular flexibility index (Phi) is 2.68. The maximum Gasteiger partial charge on any atom is 0.0348 e. The summed E-state index contributed by atoms with van der Waals surface area (Å²) in [4.78, 5) is 0. The highest BCUT2D eigenvalue weighted by atomic mass is 14.7. The average molecular weight is 332 g/mol. The van der Waals surface area contributed by atoms with Crippen LogP contribution in [0.5, 0.6) is 0 Å². The molecule has 0 bridgehead atoms. The minimum absolute atomic E-state index is 0.00581. The lowest BCUT2D eigenvalue weighted by Crippen LogP contribution is -2.66. The Morgan fingerprint density at radius 1 is 0.538 bits per heavy atom. The van der Waals surface area contributed by atoms with Crippen LogP contribution in [0.4, 0.5) is 0 Å². The highest BCUT2D eigenvalue weighted by Crippen LogP contribution is 2.73. The van der Waals surface area contributed by atoms with Gasteiger partial charge in [0.1, 0.15) is 0 Å². The number of allylic oxidation sites excluding steroid dienone is 12. The Balaban J connectivity index is 1.80. The average Bonchev–Trinajstić information content (AvgIpc) is 2.84. The van der Waals surface area contributed by atoms with Crippen molar-refractivity contribution in [2.24, 2.45) is 11.8 Å². The molecule has 0 amide bonds. The Labute approximate surface area is 154 Å². The number of rotatable bonds is 0. The van der Waals surface area contributed by atoms with Gasteiger partial charge in [0.05, 0.1) is 0 Å². The van der Waals surface area contributed by atoms with Crippen molar-refractivity contribution in [1.29, 1.82) is 0 Å². The molecule has 2 spiro atoms. The Bertz CT molecular complexity index is 1020. The number of hydrogen-bond acceptors (Lipinski definition) is 0. The van der Waals surface area contributed by atoms with Gasteiger partial charge in [-0.1, -0.05) is 109 Å². The summed E-state index contributed by atoms with van der Waals surface area (Å²) < 4.78 is 0. The van der Waals surface area contributed by atoms with Crippen molar-refractivity contribution in [2.75, 3.05) is 0 Å². The summed E-state index contributed by atoms with van der Waals surface area (Å²) in [5.41, 5.74) is 2.97. The third-order valence-electron chi connectivity index (χ3n) is 6.94. The van der Waals surface area contributed by atoms with Gasteiger partial charge in [-0.15, -0.1) is 0 Å². The Morgan fingerprint density at radius 3 is 1.58 bits per heavy atom. The van der Waals surface area contributed by atoms with Crippen LogP contribution in [0.2, 0.25) is 0 Å². The normalized spacial score (nSPS) is 42.5. The first-order valence-electron chi connectivity index (χ1n) is 9.48. The summed E-state index contributed by atoms with van der Waals surface area (Å²) >= 11 is 0. The molecular formula is C26H20. The van der Waals surface area contributed by atoms with Crippen molar-refractivity contribution in [3.05, 3.63) is 120 Å². The maximum atomic E-state index is 2.48. The second-order valence-electron chi connectivity index (χ2n) is 7.76. The monoisotopic (exact) mass is 332 g/mol. The van der Waals surface area contributed by atoms with E-state index in [-0.39, 0.29) is 10.8 Å². The smallest absolute Gasteiger partial charge is 0.0348 e. The van der Waals surface area contributed by atoms with E-state index in [9.17, 15) is 0 Å². The first kappa shape index (κ1) is 14.3. The van der Waals surface area contributed by atoms with E-state index in [1.807, 2.05) is 0 Å². The number of fused-ring (bicyclic) bond motifs is 1. The van der Waals surface area contributed by atoms with Gasteiger partial charge in [0, 0.05) is 10.8 Å². The zero-order valence-corrected chi connectivity index (χ0v) is 14.5. The summed E-state index contributed by atoms with van der Waals surface area (Å²) in [5, 5.41) is 2.83. The van der Waals surface area contributed by atoms with Crippen LogP contribution in [-0.2, 0) is 10.8 Å². The lowest BCUT2D eigenvalue weighted by atomic mass is 9.36. The molecule has 4 aliphatic rings. The quantitative estimate of drug-likeness (QED) is 0.560.